The first-order chi connectivity index (χ1) is 25.3. The van der Waals surface area contributed by atoms with E-state index in [1.165, 1.54) is 36.0 Å². The largest absolute Gasteiger partial charge is 0.483 e. The number of piperidine rings is 1. The third-order valence-corrected chi connectivity index (χ3v) is 10.3. The minimum atomic E-state index is -4.82. The van der Waals surface area contributed by atoms with Crippen LogP contribution in [0, 0.1) is 5.92 Å². The third-order valence-electron chi connectivity index (χ3n) is 10.0. The molecule has 0 radical (unpaired) electrons. The molecule has 284 valence electrons. The van der Waals surface area contributed by atoms with Crippen LogP contribution < -0.4 is 10.6 Å². The number of benzene rings is 1. The van der Waals surface area contributed by atoms with Crippen molar-refractivity contribution in [3.8, 4) is 11.3 Å². The van der Waals surface area contributed by atoms with E-state index in [1.807, 2.05) is 4.90 Å². The van der Waals surface area contributed by atoms with E-state index < -0.39 is 23.8 Å². The van der Waals surface area contributed by atoms with E-state index in [9.17, 15) is 32.3 Å². The average molecular weight is 762 g/mol. The molecule has 2 aromatic heterocycles. The van der Waals surface area contributed by atoms with Gasteiger partial charge in [0.25, 0.3) is 18.3 Å². The van der Waals surface area contributed by atoms with Crippen molar-refractivity contribution >= 4 is 47.4 Å². The number of amides is 4. The molecule has 15 nitrogen and oxygen atoms in total. The molecule has 19 heteroatoms. The quantitative estimate of drug-likeness (QED) is 0.306. The van der Waals surface area contributed by atoms with Crippen LogP contribution >= 0.6 is 11.6 Å². The molecule has 3 aliphatic heterocycles. The molecule has 3 N–H and O–H groups in total. The summed E-state index contributed by atoms with van der Waals surface area (Å²) in [7, 11) is 1.42. The van der Waals surface area contributed by atoms with Crippen LogP contribution in [0.15, 0.2) is 30.6 Å². The number of hydrogen-bond acceptors (Lipinski definition) is 8. The molecule has 53 heavy (non-hydrogen) atoms. The van der Waals surface area contributed by atoms with Crippen molar-refractivity contribution in [1.29, 1.82) is 0 Å². The lowest BCUT2D eigenvalue weighted by atomic mass is 9.96. The number of imidazole rings is 1. The molecule has 0 bridgehead atoms. The molecule has 3 aromatic rings. The molecule has 1 atom stereocenters. The highest BCUT2D eigenvalue weighted by molar-refractivity contribution is 6.34. The lowest BCUT2D eigenvalue weighted by Crippen LogP contribution is -2.52. The van der Waals surface area contributed by atoms with Crippen LogP contribution in [-0.4, -0.2) is 121 Å². The monoisotopic (exact) mass is 761 g/mol. The molecule has 4 fully saturated rings. The highest BCUT2D eigenvalue weighted by atomic mass is 35.5. The van der Waals surface area contributed by atoms with Crippen molar-refractivity contribution in [2.24, 2.45) is 13.0 Å². The van der Waals surface area contributed by atoms with Crippen LogP contribution in [-0.2, 0) is 27.6 Å². The van der Waals surface area contributed by atoms with E-state index in [0.29, 0.717) is 39.1 Å². The number of alkyl halides is 3. The van der Waals surface area contributed by atoms with Crippen molar-refractivity contribution < 1.29 is 42.3 Å². The second-order valence-electron chi connectivity index (χ2n) is 13.4. The van der Waals surface area contributed by atoms with Crippen molar-refractivity contribution in [3.05, 3.63) is 52.7 Å². The fourth-order valence-corrected chi connectivity index (χ4v) is 7.34. The number of piperazine rings is 1. The van der Waals surface area contributed by atoms with Gasteiger partial charge in [0.2, 0.25) is 11.8 Å². The lowest BCUT2D eigenvalue weighted by Gasteiger charge is -2.37. The molecule has 1 aliphatic carbocycles. The first-order valence-corrected chi connectivity index (χ1v) is 17.7. The van der Waals surface area contributed by atoms with Gasteiger partial charge >= 0.3 is 6.18 Å². The zero-order chi connectivity index (χ0) is 38.0. The van der Waals surface area contributed by atoms with E-state index in [4.69, 9.17) is 21.5 Å². The average Bonchev–Trinajstić information content (AvgIpc) is 3.56. The molecular weight excluding hydrogens is 723 g/mol. The van der Waals surface area contributed by atoms with Crippen LogP contribution in [0.3, 0.4) is 0 Å². The molecule has 0 spiro atoms. The highest BCUT2D eigenvalue weighted by Crippen LogP contribution is 2.39. The molecule has 4 aliphatic rings. The highest BCUT2D eigenvalue weighted by Gasteiger charge is 2.44. The lowest BCUT2D eigenvalue weighted by molar-refractivity contribution is -0.141. The normalized spacial score (nSPS) is 19.5. The molecule has 1 saturated carbocycles. The second-order valence-corrected chi connectivity index (χ2v) is 13.8. The maximum atomic E-state index is 14.2. The number of anilines is 1. The van der Waals surface area contributed by atoms with Gasteiger partial charge < -0.3 is 35.0 Å². The molecule has 3 saturated heterocycles. The Kier molecular flexibility index (Phi) is 11.1. The molecule has 7 rings (SSSR count). The van der Waals surface area contributed by atoms with Gasteiger partial charge in [0.05, 0.1) is 28.0 Å². The summed E-state index contributed by atoms with van der Waals surface area (Å²) >= 11 is 6.49. The van der Waals surface area contributed by atoms with Crippen LogP contribution in [0.2, 0.25) is 5.02 Å². The summed E-state index contributed by atoms with van der Waals surface area (Å²) in [5, 5.41) is 16.7. The van der Waals surface area contributed by atoms with E-state index in [1.54, 1.807) is 9.80 Å². The van der Waals surface area contributed by atoms with E-state index in [0.717, 1.165) is 49.7 Å². The van der Waals surface area contributed by atoms with E-state index in [2.05, 4.69) is 20.7 Å². The van der Waals surface area contributed by atoms with E-state index in [-0.39, 0.29) is 69.5 Å². The van der Waals surface area contributed by atoms with Crippen molar-refractivity contribution in [3.63, 3.8) is 0 Å². The maximum Gasteiger partial charge on any atom is 0.435 e. The third kappa shape index (κ3) is 8.02. The first kappa shape index (κ1) is 37.8. The number of aromatic nitrogens is 4. The van der Waals surface area contributed by atoms with Crippen LogP contribution in [0.4, 0.5) is 18.9 Å². The van der Waals surface area contributed by atoms with Crippen LogP contribution in [0.1, 0.15) is 64.8 Å². The summed E-state index contributed by atoms with van der Waals surface area (Å²) in [6, 6.07) is 3.74. The number of carbonyl (C=O) groups is 5. The van der Waals surface area contributed by atoms with Gasteiger partial charge in [-0.3, -0.25) is 28.7 Å². The summed E-state index contributed by atoms with van der Waals surface area (Å²) in [6.45, 7) is 3.49. The zero-order valence-corrected chi connectivity index (χ0v) is 29.6. The Morgan fingerprint density at radius 1 is 1.02 bits per heavy atom. The summed E-state index contributed by atoms with van der Waals surface area (Å²) in [6.07, 6.45) is 1.30. The Morgan fingerprint density at radius 3 is 2.30 bits per heavy atom. The van der Waals surface area contributed by atoms with Gasteiger partial charge in [0.15, 0.2) is 11.5 Å². The Balaban J connectivity index is 0.00000155. The Labute approximate surface area is 307 Å². The standard InChI is InChI=1S/C33H37ClF3N9O4.CH2O2/c1-42-26(23-18-46(41-27(23)33(35,36)37)25-8-11-45(32(25)50)21-3-4-21)17-39-28(42)29(47)40-20-2-5-22(24(34)16-20)31(49)44-14-12-43(13-15-44)30(48)19-6-9-38-10-7-19;2-1-3/h2,5,16-19,21,25,38H,3-4,6-15H2,1H3,(H,40,47);1H,(H,2,3). The summed E-state index contributed by atoms with van der Waals surface area (Å²) < 4.78 is 44.8. The second kappa shape index (κ2) is 15.6. The molecule has 4 amide bonds. The summed E-state index contributed by atoms with van der Waals surface area (Å²) in [5.74, 6) is -1.28. The van der Waals surface area contributed by atoms with Gasteiger partial charge in [-0.25, -0.2) is 4.98 Å². The minimum absolute atomic E-state index is 0.00487. The zero-order valence-electron chi connectivity index (χ0n) is 28.8. The van der Waals surface area contributed by atoms with Crippen molar-refractivity contribution in [1.82, 2.24) is 39.3 Å². The smallest absolute Gasteiger partial charge is 0.435 e. The van der Waals surface area contributed by atoms with Gasteiger partial charge in [-0.1, -0.05) is 11.6 Å². The van der Waals surface area contributed by atoms with Gasteiger partial charge in [-0.15, -0.1) is 0 Å². The molecule has 1 aromatic carbocycles. The number of nitrogens with one attached hydrogen (secondary N) is 2. The SMILES string of the molecule is Cn1c(-c2cn(C3CCN(C4CC4)C3=O)nc2C(F)(F)F)cnc1C(=O)Nc1ccc(C(=O)N2CCN(C(=O)C3CCNCC3)CC2)c(Cl)c1.O=CO. The summed E-state index contributed by atoms with van der Waals surface area (Å²) in [5.41, 5.74) is -0.990. The molecule has 5 heterocycles. The van der Waals surface area contributed by atoms with Crippen LogP contribution in [0.25, 0.3) is 11.3 Å². The molecular formula is C34H39ClF3N9O6. The Bertz CT molecular complexity index is 1880. The van der Waals surface area contributed by atoms with Crippen molar-refractivity contribution in [2.75, 3.05) is 51.1 Å². The van der Waals surface area contributed by atoms with E-state index >= 15 is 0 Å². The van der Waals surface area contributed by atoms with Gasteiger partial charge in [0, 0.05) is 63.6 Å². The molecule has 1 unspecified atom stereocenters. The maximum absolute atomic E-state index is 14.2. The Hall–Kier alpha value is -4.97. The van der Waals surface area contributed by atoms with Gasteiger partial charge in [0.1, 0.15) is 6.04 Å². The number of nitrogens with zero attached hydrogens (tertiary/aromatic N) is 7. The predicted octanol–water partition coefficient (Wildman–Crippen LogP) is 3.13. The first-order valence-electron chi connectivity index (χ1n) is 17.3. The fraction of sp³-hybridized carbons (Fsp3) is 0.500. The minimum Gasteiger partial charge on any atom is -0.483 e. The fourth-order valence-electron chi connectivity index (χ4n) is 7.08. The topological polar surface area (TPSA) is 175 Å². The van der Waals surface area contributed by atoms with Crippen molar-refractivity contribution in [2.45, 2.75) is 50.4 Å². The number of likely N-dealkylation sites (tertiary alicyclic amines) is 1. The number of rotatable bonds is 7. The van der Waals surface area contributed by atoms with Gasteiger partial charge in [-0.05, 0) is 63.4 Å². The number of carbonyl (C=O) groups excluding carboxylic acids is 4. The number of halogens is 4. The van der Waals surface area contributed by atoms with Gasteiger partial charge in [-0.2, -0.15) is 18.3 Å². The summed E-state index contributed by atoms with van der Waals surface area (Å²) in [4.78, 5) is 70.0. The Morgan fingerprint density at radius 2 is 1.68 bits per heavy atom. The number of carboxylic acid groups (broad SMARTS) is 1. The van der Waals surface area contributed by atoms with Crippen LogP contribution in [0.5, 0.6) is 0 Å². The predicted molar refractivity (Wildman–Crippen MR) is 184 cm³/mol. The number of hydrogen-bond donors (Lipinski definition) is 3.